The summed E-state index contributed by atoms with van der Waals surface area (Å²) in [4.78, 5) is 23.1. The summed E-state index contributed by atoms with van der Waals surface area (Å²) in [5.74, 6) is -2.12. The monoisotopic (exact) mass is 366 g/mol. The number of benzene rings is 2. The SMILES string of the molecule is CCc1ccccc1OCC(=O)Nc1ccccc1NC(=O)C(F)(F)F. The van der Waals surface area contributed by atoms with Gasteiger partial charge in [0.1, 0.15) is 5.75 Å². The van der Waals surface area contributed by atoms with Crippen LogP contribution >= 0.6 is 0 Å². The van der Waals surface area contributed by atoms with Crippen molar-refractivity contribution in [1.82, 2.24) is 0 Å². The van der Waals surface area contributed by atoms with E-state index in [0.29, 0.717) is 5.75 Å². The third-order valence-corrected chi connectivity index (χ3v) is 3.42. The zero-order chi connectivity index (χ0) is 19.2. The van der Waals surface area contributed by atoms with Gasteiger partial charge in [-0.25, -0.2) is 0 Å². The smallest absolute Gasteiger partial charge is 0.471 e. The van der Waals surface area contributed by atoms with Crippen molar-refractivity contribution in [3.8, 4) is 5.75 Å². The first-order valence-electron chi connectivity index (χ1n) is 7.79. The lowest BCUT2D eigenvalue weighted by molar-refractivity contribution is -0.167. The molecule has 0 bridgehead atoms. The lowest BCUT2D eigenvalue weighted by atomic mass is 10.1. The van der Waals surface area contributed by atoms with Crippen molar-refractivity contribution < 1.29 is 27.5 Å². The minimum Gasteiger partial charge on any atom is -0.483 e. The third kappa shape index (κ3) is 5.23. The van der Waals surface area contributed by atoms with Gasteiger partial charge in [0, 0.05) is 0 Å². The van der Waals surface area contributed by atoms with Crippen LogP contribution in [0.5, 0.6) is 5.75 Å². The topological polar surface area (TPSA) is 67.4 Å². The molecule has 0 fully saturated rings. The number of para-hydroxylation sites is 3. The van der Waals surface area contributed by atoms with E-state index in [1.165, 1.54) is 24.3 Å². The highest BCUT2D eigenvalue weighted by atomic mass is 19.4. The summed E-state index contributed by atoms with van der Waals surface area (Å²) in [6.45, 7) is 1.63. The van der Waals surface area contributed by atoms with E-state index in [0.717, 1.165) is 12.0 Å². The number of amides is 2. The number of hydrogen-bond donors (Lipinski definition) is 2. The third-order valence-electron chi connectivity index (χ3n) is 3.42. The Morgan fingerprint density at radius 2 is 1.54 bits per heavy atom. The van der Waals surface area contributed by atoms with Gasteiger partial charge >= 0.3 is 12.1 Å². The maximum absolute atomic E-state index is 12.4. The lowest BCUT2D eigenvalue weighted by Crippen LogP contribution is -2.30. The first-order chi connectivity index (χ1) is 12.3. The molecule has 2 rings (SSSR count). The summed E-state index contributed by atoms with van der Waals surface area (Å²) < 4.78 is 42.6. The van der Waals surface area contributed by atoms with Crippen LogP contribution in [0.3, 0.4) is 0 Å². The number of ether oxygens (including phenoxy) is 1. The molecular weight excluding hydrogens is 349 g/mol. The molecule has 2 aromatic carbocycles. The van der Waals surface area contributed by atoms with Gasteiger partial charge in [0.2, 0.25) is 0 Å². The number of nitrogens with one attached hydrogen (secondary N) is 2. The van der Waals surface area contributed by atoms with Gasteiger partial charge in [-0.05, 0) is 30.2 Å². The van der Waals surface area contributed by atoms with Gasteiger partial charge in [-0.1, -0.05) is 37.3 Å². The predicted octanol–water partition coefficient (Wildman–Crippen LogP) is 3.77. The summed E-state index contributed by atoms with van der Waals surface area (Å²) in [7, 11) is 0. The molecule has 0 aromatic heterocycles. The maximum atomic E-state index is 12.4. The molecule has 0 saturated heterocycles. The Balaban J connectivity index is 2.02. The van der Waals surface area contributed by atoms with E-state index in [-0.39, 0.29) is 18.0 Å². The standard InChI is InChI=1S/C18H17F3N2O3/c1-2-12-7-3-6-10-15(12)26-11-16(24)22-13-8-4-5-9-14(13)23-17(25)18(19,20)21/h3-10H,2,11H2,1H3,(H,22,24)(H,23,25). The van der Waals surface area contributed by atoms with Crippen LogP contribution in [-0.2, 0) is 16.0 Å². The van der Waals surface area contributed by atoms with Crippen LogP contribution in [0.2, 0.25) is 0 Å². The van der Waals surface area contributed by atoms with Gasteiger partial charge in [0.05, 0.1) is 11.4 Å². The fourth-order valence-electron chi connectivity index (χ4n) is 2.16. The maximum Gasteiger partial charge on any atom is 0.471 e. The number of carbonyl (C=O) groups is 2. The normalized spacial score (nSPS) is 10.9. The van der Waals surface area contributed by atoms with E-state index in [2.05, 4.69) is 5.32 Å². The first-order valence-corrected chi connectivity index (χ1v) is 7.79. The highest BCUT2D eigenvalue weighted by Crippen LogP contribution is 2.24. The van der Waals surface area contributed by atoms with E-state index in [4.69, 9.17) is 4.74 Å². The highest BCUT2D eigenvalue weighted by molar-refractivity contribution is 6.01. The summed E-state index contributed by atoms with van der Waals surface area (Å²) in [6, 6.07) is 12.8. The van der Waals surface area contributed by atoms with Crippen LogP contribution in [0, 0.1) is 0 Å². The van der Waals surface area contributed by atoms with Crippen LogP contribution in [0.4, 0.5) is 24.5 Å². The van der Waals surface area contributed by atoms with Crippen molar-refractivity contribution in [3.63, 3.8) is 0 Å². The fourth-order valence-corrected chi connectivity index (χ4v) is 2.16. The molecule has 0 unspecified atom stereocenters. The quantitative estimate of drug-likeness (QED) is 0.818. The highest BCUT2D eigenvalue weighted by Gasteiger charge is 2.39. The van der Waals surface area contributed by atoms with Crippen molar-refractivity contribution in [2.45, 2.75) is 19.5 Å². The molecule has 0 radical (unpaired) electrons. The first kappa shape index (κ1) is 19.3. The molecular formula is C18H17F3N2O3. The zero-order valence-electron chi connectivity index (χ0n) is 13.9. The molecule has 0 atom stereocenters. The zero-order valence-corrected chi connectivity index (χ0v) is 13.9. The number of carbonyl (C=O) groups excluding carboxylic acids is 2. The Morgan fingerprint density at radius 1 is 0.962 bits per heavy atom. The molecule has 0 heterocycles. The number of hydrogen-bond acceptors (Lipinski definition) is 3. The lowest BCUT2D eigenvalue weighted by Gasteiger charge is -2.14. The second kappa shape index (κ2) is 8.37. The molecule has 0 spiro atoms. The Labute approximate surface area is 148 Å². The van der Waals surface area contributed by atoms with Crippen LogP contribution < -0.4 is 15.4 Å². The van der Waals surface area contributed by atoms with Crippen molar-refractivity contribution in [2.75, 3.05) is 17.2 Å². The van der Waals surface area contributed by atoms with Gasteiger partial charge in [-0.3, -0.25) is 9.59 Å². The molecule has 0 aliphatic rings. The molecule has 0 aliphatic carbocycles. The molecule has 2 aromatic rings. The van der Waals surface area contributed by atoms with Crippen molar-refractivity contribution in [3.05, 3.63) is 54.1 Å². The Kier molecular flexibility index (Phi) is 6.21. The molecule has 0 saturated carbocycles. The van der Waals surface area contributed by atoms with Gasteiger partial charge < -0.3 is 15.4 Å². The Bertz CT molecular complexity index is 791. The van der Waals surface area contributed by atoms with Crippen molar-refractivity contribution >= 4 is 23.2 Å². The van der Waals surface area contributed by atoms with Crippen LogP contribution in [-0.4, -0.2) is 24.6 Å². The van der Waals surface area contributed by atoms with Gasteiger partial charge in [-0.15, -0.1) is 0 Å². The van der Waals surface area contributed by atoms with E-state index < -0.39 is 18.0 Å². The molecule has 0 aliphatic heterocycles. The van der Waals surface area contributed by atoms with Crippen LogP contribution in [0.15, 0.2) is 48.5 Å². The summed E-state index contributed by atoms with van der Waals surface area (Å²) in [6.07, 6.45) is -4.30. The predicted molar refractivity (Wildman–Crippen MR) is 91.1 cm³/mol. The molecule has 8 heteroatoms. The number of rotatable bonds is 6. The van der Waals surface area contributed by atoms with E-state index in [1.54, 1.807) is 17.4 Å². The summed E-state index contributed by atoms with van der Waals surface area (Å²) in [5, 5.41) is 4.16. The van der Waals surface area contributed by atoms with Crippen LogP contribution in [0.25, 0.3) is 0 Å². The number of alkyl halides is 3. The number of aryl methyl sites for hydroxylation is 1. The van der Waals surface area contributed by atoms with Crippen molar-refractivity contribution in [2.24, 2.45) is 0 Å². The number of halogens is 3. The Morgan fingerprint density at radius 3 is 2.15 bits per heavy atom. The second-order valence-electron chi connectivity index (χ2n) is 5.30. The van der Waals surface area contributed by atoms with E-state index in [9.17, 15) is 22.8 Å². The summed E-state index contributed by atoms with van der Waals surface area (Å²) >= 11 is 0. The average Bonchev–Trinajstić information content (AvgIpc) is 2.61. The molecule has 26 heavy (non-hydrogen) atoms. The van der Waals surface area contributed by atoms with Crippen molar-refractivity contribution in [1.29, 1.82) is 0 Å². The molecule has 2 amide bonds. The largest absolute Gasteiger partial charge is 0.483 e. The molecule has 138 valence electrons. The number of anilines is 2. The molecule has 5 nitrogen and oxygen atoms in total. The minimum atomic E-state index is -5.02. The van der Waals surface area contributed by atoms with E-state index in [1.807, 2.05) is 19.1 Å². The average molecular weight is 366 g/mol. The molecule has 2 N–H and O–H groups in total. The summed E-state index contributed by atoms with van der Waals surface area (Å²) in [5.41, 5.74) is 0.817. The fraction of sp³-hybridized carbons (Fsp3) is 0.222. The van der Waals surface area contributed by atoms with Gasteiger partial charge in [0.15, 0.2) is 6.61 Å². The minimum absolute atomic E-state index is 0.0440. The second-order valence-corrected chi connectivity index (χ2v) is 5.30. The van der Waals surface area contributed by atoms with Gasteiger partial charge in [-0.2, -0.15) is 13.2 Å². The van der Waals surface area contributed by atoms with Crippen LogP contribution in [0.1, 0.15) is 12.5 Å². The Hall–Kier alpha value is -3.03. The van der Waals surface area contributed by atoms with Gasteiger partial charge in [0.25, 0.3) is 5.91 Å². The van der Waals surface area contributed by atoms with E-state index >= 15 is 0 Å².